The summed E-state index contributed by atoms with van der Waals surface area (Å²) < 4.78 is 28.3. The molecule has 0 fully saturated rings. The summed E-state index contributed by atoms with van der Waals surface area (Å²) >= 11 is 0. The third-order valence-corrected chi connectivity index (χ3v) is 5.60. The van der Waals surface area contributed by atoms with E-state index in [9.17, 15) is 9.90 Å². The molecule has 1 N–H and O–H groups in total. The van der Waals surface area contributed by atoms with Crippen LogP contribution in [0.15, 0.2) is 12.1 Å². The zero-order valence-electron chi connectivity index (χ0n) is 19.0. The fraction of sp³-hybridized carbons (Fsp3) is 0.458. The van der Waals surface area contributed by atoms with Crippen LogP contribution >= 0.6 is 0 Å². The van der Waals surface area contributed by atoms with Gasteiger partial charge in [-0.25, -0.2) is 0 Å². The van der Waals surface area contributed by atoms with E-state index in [0.717, 1.165) is 12.0 Å². The number of rotatable bonds is 7. The molecule has 2 aromatic carbocycles. The maximum Gasteiger partial charge on any atom is 0.308 e. The second kappa shape index (κ2) is 9.47. The van der Waals surface area contributed by atoms with Crippen LogP contribution in [0.3, 0.4) is 0 Å². The Morgan fingerprint density at radius 1 is 1.03 bits per heavy atom. The summed E-state index contributed by atoms with van der Waals surface area (Å²) in [7, 11) is 6.27. The second-order valence-electron chi connectivity index (χ2n) is 7.46. The summed E-state index contributed by atoms with van der Waals surface area (Å²) in [4.78, 5) is 11.9. The van der Waals surface area contributed by atoms with Crippen molar-refractivity contribution in [1.29, 1.82) is 0 Å². The van der Waals surface area contributed by atoms with Crippen LogP contribution in [0.1, 0.15) is 49.5 Å². The van der Waals surface area contributed by atoms with Crippen molar-refractivity contribution >= 4 is 5.97 Å². The summed E-state index contributed by atoms with van der Waals surface area (Å²) in [5.74, 6) is 1.50. The van der Waals surface area contributed by atoms with Crippen LogP contribution in [0.4, 0.5) is 0 Å². The van der Waals surface area contributed by atoms with Gasteiger partial charge in [0.25, 0.3) is 0 Å². The largest absolute Gasteiger partial charge is 0.507 e. The van der Waals surface area contributed by atoms with Gasteiger partial charge in [-0.05, 0) is 42.5 Å². The zero-order valence-corrected chi connectivity index (χ0v) is 19.0. The van der Waals surface area contributed by atoms with Crippen molar-refractivity contribution < 1.29 is 33.6 Å². The second-order valence-corrected chi connectivity index (χ2v) is 7.46. The van der Waals surface area contributed by atoms with Crippen LogP contribution in [-0.2, 0) is 22.4 Å². The highest BCUT2D eigenvalue weighted by Crippen LogP contribution is 2.55. The number of phenols is 1. The molecule has 0 saturated carbocycles. The maximum absolute atomic E-state index is 11.9. The van der Waals surface area contributed by atoms with Gasteiger partial charge in [0, 0.05) is 30.7 Å². The van der Waals surface area contributed by atoms with Gasteiger partial charge in [0.1, 0.15) is 11.5 Å². The van der Waals surface area contributed by atoms with Gasteiger partial charge in [-0.3, -0.25) is 4.79 Å². The SMILES string of the molecule is CCCc1cc(OC(C)=O)c2c(c1O)-c1c(cc(OC)c(OC)c1OC)CC[C@@H]2OC. The van der Waals surface area contributed by atoms with E-state index in [1.807, 2.05) is 13.0 Å². The highest BCUT2D eigenvalue weighted by molar-refractivity contribution is 5.88. The minimum Gasteiger partial charge on any atom is -0.507 e. The number of carbonyl (C=O) groups is 1. The molecular formula is C24H30O7. The summed E-state index contributed by atoms with van der Waals surface area (Å²) in [5.41, 5.74) is 3.47. The van der Waals surface area contributed by atoms with E-state index in [-0.39, 0.29) is 11.9 Å². The molecule has 0 saturated heterocycles. The monoisotopic (exact) mass is 430 g/mol. The van der Waals surface area contributed by atoms with E-state index < -0.39 is 5.97 Å². The Bertz CT molecular complexity index is 981. The number of methoxy groups -OCH3 is 4. The van der Waals surface area contributed by atoms with Crippen LogP contribution < -0.4 is 18.9 Å². The zero-order chi connectivity index (χ0) is 22.7. The Labute approximate surface area is 182 Å². The topological polar surface area (TPSA) is 83.5 Å². The number of fused-ring (bicyclic) bond motifs is 3. The summed E-state index contributed by atoms with van der Waals surface area (Å²) in [6.07, 6.45) is 2.31. The molecule has 0 unspecified atom stereocenters. The number of hydrogen-bond donors (Lipinski definition) is 1. The fourth-order valence-electron chi connectivity index (χ4n) is 4.33. The molecule has 0 bridgehead atoms. The third-order valence-electron chi connectivity index (χ3n) is 5.60. The van der Waals surface area contributed by atoms with Crippen LogP contribution in [-0.4, -0.2) is 39.5 Å². The number of aryl methyl sites for hydroxylation is 2. The van der Waals surface area contributed by atoms with Gasteiger partial charge in [-0.15, -0.1) is 0 Å². The standard InChI is InChI=1S/C24H30O7/c1-7-8-15-12-17(31-13(2)25)20-16(27-3)10-9-14-11-18(28-4)23(29-5)24(30-6)19(14)21(20)22(15)26/h11-12,16,26H,7-10H2,1-6H3/t16-/m0/s1. The van der Waals surface area contributed by atoms with Gasteiger partial charge in [0.2, 0.25) is 5.75 Å². The van der Waals surface area contributed by atoms with Gasteiger partial charge < -0.3 is 28.8 Å². The first kappa shape index (κ1) is 22.7. The fourth-order valence-corrected chi connectivity index (χ4v) is 4.33. The summed E-state index contributed by atoms with van der Waals surface area (Å²) in [6.45, 7) is 3.39. The van der Waals surface area contributed by atoms with E-state index in [4.69, 9.17) is 23.7 Å². The molecule has 1 aliphatic carbocycles. The number of esters is 1. The lowest BCUT2D eigenvalue weighted by Crippen LogP contribution is -2.10. The molecule has 0 spiro atoms. The first-order valence-corrected chi connectivity index (χ1v) is 10.3. The van der Waals surface area contributed by atoms with Crippen molar-refractivity contribution in [2.45, 2.75) is 45.6 Å². The molecule has 0 aromatic heterocycles. The smallest absolute Gasteiger partial charge is 0.308 e. The Morgan fingerprint density at radius 2 is 1.74 bits per heavy atom. The molecule has 0 aliphatic heterocycles. The molecule has 1 atom stereocenters. The lowest BCUT2D eigenvalue weighted by Gasteiger charge is -2.24. The van der Waals surface area contributed by atoms with Crippen LogP contribution in [0, 0.1) is 0 Å². The lowest BCUT2D eigenvalue weighted by molar-refractivity contribution is -0.132. The lowest BCUT2D eigenvalue weighted by atomic mass is 9.89. The van der Waals surface area contributed by atoms with Crippen LogP contribution in [0.2, 0.25) is 0 Å². The number of ether oxygens (including phenoxy) is 5. The molecule has 31 heavy (non-hydrogen) atoms. The van der Waals surface area contributed by atoms with Crippen molar-refractivity contribution in [1.82, 2.24) is 0 Å². The normalized spacial score (nSPS) is 14.8. The molecular weight excluding hydrogens is 400 g/mol. The first-order chi connectivity index (χ1) is 14.9. The number of benzene rings is 2. The van der Waals surface area contributed by atoms with Gasteiger partial charge >= 0.3 is 5.97 Å². The van der Waals surface area contributed by atoms with E-state index in [0.29, 0.717) is 64.5 Å². The Hall–Kier alpha value is -2.93. The summed E-state index contributed by atoms with van der Waals surface area (Å²) in [5, 5.41) is 11.4. The van der Waals surface area contributed by atoms with Crippen LogP contribution in [0.25, 0.3) is 11.1 Å². The van der Waals surface area contributed by atoms with E-state index in [1.54, 1.807) is 34.5 Å². The van der Waals surface area contributed by atoms with Crippen molar-refractivity contribution in [2.75, 3.05) is 28.4 Å². The van der Waals surface area contributed by atoms with Gasteiger partial charge in [-0.2, -0.15) is 0 Å². The predicted molar refractivity (Wildman–Crippen MR) is 117 cm³/mol. The van der Waals surface area contributed by atoms with Gasteiger partial charge in [-0.1, -0.05) is 13.3 Å². The minimum atomic E-state index is -0.436. The molecule has 0 heterocycles. The third kappa shape index (κ3) is 4.02. The highest BCUT2D eigenvalue weighted by atomic mass is 16.5. The van der Waals surface area contributed by atoms with E-state index >= 15 is 0 Å². The first-order valence-electron chi connectivity index (χ1n) is 10.3. The van der Waals surface area contributed by atoms with Crippen LogP contribution in [0.5, 0.6) is 28.7 Å². The van der Waals surface area contributed by atoms with Crippen molar-refractivity contribution in [3.8, 4) is 39.9 Å². The molecule has 7 nitrogen and oxygen atoms in total. The molecule has 2 aromatic rings. The molecule has 1 aliphatic rings. The van der Waals surface area contributed by atoms with E-state index in [1.165, 1.54) is 6.92 Å². The maximum atomic E-state index is 11.9. The molecule has 168 valence electrons. The highest BCUT2D eigenvalue weighted by Gasteiger charge is 2.34. The minimum absolute atomic E-state index is 0.128. The van der Waals surface area contributed by atoms with Crippen molar-refractivity contribution in [3.63, 3.8) is 0 Å². The molecule has 3 rings (SSSR count). The molecule has 0 amide bonds. The average Bonchev–Trinajstić information content (AvgIpc) is 2.92. The Kier molecular flexibility index (Phi) is 6.95. The van der Waals surface area contributed by atoms with Gasteiger partial charge in [0.15, 0.2) is 11.5 Å². The Morgan fingerprint density at radius 3 is 2.29 bits per heavy atom. The molecule has 0 radical (unpaired) electrons. The molecule has 7 heteroatoms. The quantitative estimate of drug-likeness (QED) is 0.508. The van der Waals surface area contributed by atoms with Crippen molar-refractivity contribution in [2.24, 2.45) is 0 Å². The number of hydrogen-bond acceptors (Lipinski definition) is 7. The number of aromatic hydroxyl groups is 1. The summed E-state index contributed by atoms with van der Waals surface area (Å²) in [6, 6.07) is 3.64. The van der Waals surface area contributed by atoms with Crippen molar-refractivity contribution in [3.05, 3.63) is 28.8 Å². The van der Waals surface area contributed by atoms with Gasteiger partial charge in [0.05, 0.1) is 27.4 Å². The van der Waals surface area contributed by atoms with E-state index in [2.05, 4.69) is 0 Å². The number of carbonyl (C=O) groups excluding carboxylic acids is 1. The average molecular weight is 430 g/mol. The number of phenolic OH excluding ortho intramolecular Hbond substituents is 1. The Balaban J connectivity index is 2.49. The predicted octanol–water partition coefficient (Wildman–Crippen LogP) is 4.60.